The minimum atomic E-state index is -1.09. The third-order valence-electron chi connectivity index (χ3n) is 1.75. The number of pyridine rings is 1. The highest BCUT2D eigenvalue weighted by Gasteiger charge is 2.14. The molecule has 0 aliphatic heterocycles. The van der Waals surface area contributed by atoms with Crippen molar-refractivity contribution in [3.05, 3.63) is 17.5 Å². The zero-order valence-electron chi connectivity index (χ0n) is 8.20. The Bertz CT molecular complexity index is 362. The first kappa shape index (κ1) is 10.3. The summed E-state index contributed by atoms with van der Waals surface area (Å²) in [6, 6.07) is 1.33. The lowest BCUT2D eigenvalue weighted by Gasteiger charge is -2.09. The zero-order valence-corrected chi connectivity index (χ0v) is 8.20. The van der Waals surface area contributed by atoms with Crippen molar-refractivity contribution in [1.82, 2.24) is 4.98 Å². The molecule has 0 aliphatic carbocycles. The van der Waals surface area contributed by atoms with Crippen LogP contribution in [0.5, 0.6) is 11.5 Å². The van der Waals surface area contributed by atoms with Gasteiger partial charge in [-0.25, -0.2) is 9.78 Å². The Kier molecular flexibility index (Phi) is 2.91. The summed E-state index contributed by atoms with van der Waals surface area (Å²) in [7, 11) is 2.93. The Morgan fingerprint density at radius 2 is 2.07 bits per heavy atom. The molecule has 76 valence electrons. The van der Waals surface area contributed by atoms with Gasteiger partial charge in [0.05, 0.1) is 19.9 Å². The van der Waals surface area contributed by atoms with Crippen molar-refractivity contribution in [1.29, 1.82) is 0 Å². The second-order valence-corrected chi connectivity index (χ2v) is 2.63. The molecule has 0 amide bonds. The normalized spacial score (nSPS) is 9.64. The first-order valence-corrected chi connectivity index (χ1v) is 3.93. The van der Waals surface area contributed by atoms with E-state index in [-0.39, 0.29) is 5.69 Å². The molecule has 1 N–H and O–H groups in total. The van der Waals surface area contributed by atoms with E-state index in [0.717, 1.165) is 0 Å². The van der Waals surface area contributed by atoms with Crippen molar-refractivity contribution in [3.8, 4) is 11.5 Å². The van der Waals surface area contributed by atoms with Crippen LogP contribution in [0, 0.1) is 6.92 Å². The van der Waals surface area contributed by atoms with Crippen molar-refractivity contribution in [3.63, 3.8) is 0 Å². The number of methoxy groups -OCH3 is 2. The lowest BCUT2D eigenvalue weighted by Crippen LogP contribution is -2.04. The lowest BCUT2D eigenvalue weighted by molar-refractivity contribution is 0.0689. The Balaban J connectivity index is 3.31. The molecule has 5 heteroatoms. The van der Waals surface area contributed by atoms with Crippen LogP contribution in [0.1, 0.15) is 16.2 Å². The minimum Gasteiger partial charge on any atom is -0.493 e. The molecule has 0 aliphatic rings. The molecular formula is C9H11NO4. The Labute approximate surface area is 81.3 Å². The lowest BCUT2D eigenvalue weighted by atomic mass is 10.2. The summed E-state index contributed by atoms with van der Waals surface area (Å²) in [4.78, 5) is 14.5. The van der Waals surface area contributed by atoms with Crippen LogP contribution in [-0.2, 0) is 0 Å². The molecule has 14 heavy (non-hydrogen) atoms. The minimum absolute atomic E-state index is 0.0554. The van der Waals surface area contributed by atoms with Crippen LogP contribution in [0.3, 0.4) is 0 Å². The summed E-state index contributed by atoms with van der Waals surface area (Å²) in [5, 5.41) is 8.73. The molecule has 0 bridgehead atoms. The standard InChI is InChI=1S/C9H11NO4/c1-5-8(14-3)7(13-2)4-6(10-5)9(11)12/h4H,1-3H3,(H,11,12). The maximum Gasteiger partial charge on any atom is 0.354 e. The molecule has 0 saturated carbocycles. The molecule has 0 radical (unpaired) electrons. The second kappa shape index (κ2) is 3.95. The molecule has 1 rings (SSSR count). The number of carboxylic acid groups (broad SMARTS) is 1. The summed E-state index contributed by atoms with van der Waals surface area (Å²) in [5.74, 6) is -0.260. The summed E-state index contributed by atoms with van der Waals surface area (Å²) < 4.78 is 10.0. The average molecular weight is 197 g/mol. The van der Waals surface area contributed by atoms with Crippen molar-refractivity contribution < 1.29 is 19.4 Å². The first-order chi connectivity index (χ1) is 6.60. The smallest absolute Gasteiger partial charge is 0.354 e. The van der Waals surface area contributed by atoms with Gasteiger partial charge < -0.3 is 14.6 Å². The molecular weight excluding hydrogens is 186 g/mol. The SMILES string of the molecule is COc1cc(C(=O)O)nc(C)c1OC. The van der Waals surface area contributed by atoms with E-state index >= 15 is 0 Å². The number of nitrogens with zero attached hydrogens (tertiary/aromatic N) is 1. The fraction of sp³-hybridized carbons (Fsp3) is 0.333. The maximum absolute atomic E-state index is 10.7. The van der Waals surface area contributed by atoms with Crippen LogP contribution in [0.15, 0.2) is 6.07 Å². The highest BCUT2D eigenvalue weighted by molar-refractivity contribution is 5.86. The molecule has 1 aromatic heterocycles. The number of hydrogen-bond donors (Lipinski definition) is 1. The molecule has 0 atom stereocenters. The number of aryl methyl sites for hydroxylation is 1. The number of carbonyl (C=O) groups is 1. The van der Waals surface area contributed by atoms with E-state index in [0.29, 0.717) is 17.2 Å². The third kappa shape index (κ3) is 1.76. The number of hydrogen-bond acceptors (Lipinski definition) is 4. The summed E-state index contributed by atoms with van der Waals surface area (Å²) in [5.41, 5.74) is 0.435. The van der Waals surface area contributed by atoms with Gasteiger partial charge in [-0.2, -0.15) is 0 Å². The van der Waals surface area contributed by atoms with E-state index in [1.54, 1.807) is 6.92 Å². The van der Waals surface area contributed by atoms with Gasteiger partial charge in [0.1, 0.15) is 0 Å². The first-order valence-electron chi connectivity index (χ1n) is 3.93. The number of carboxylic acids is 1. The van der Waals surface area contributed by atoms with Crippen LogP contribution < -0.4 is 9.47 Å². The van der Waals surface area contributed by atoms with E-state index in [1.165, 1.54) is 20.3 Å². The van der Waals surface area contributed by atoms with Gasteiger partial charge in [-0.15, -0.1) is 0 Å². The number of rotatable bonds is 3. The Morgan fingerprint density at radius 1 is 1.43 bits per heavy atom. The van der Waals surface area contributed by atoms with Gasteiger partial charge >= 0.3 is 5.97 Å². The highest BCUT2D eigenvalue weighted by atomic mass is 16.5. The van der Waals surface area contributed by atoms with E-state index in [2.05, 4.69) is 4.98 Å². The predicted octanol–water partition coefficient (Wildman–Crippen LogP) is 1.11. The molecule has 0 fully saturated rings. The molecule has 1 heterocycles. The van der Waals surface area contributed by atoms with E-state index < -0.39 is 5.97 Å². The van der Waals surface area contributed by atoms with Crippen LogP contribution in [0.2, 0.25) is 0 Å². The van der Waals surface area contributed by atoms with Gasteiger partial charge in [-0.1, -0.05) is 0 Å². The molecule has 1 aromatic rings. The third-order valence-corrected chi connectivity index (χ3v) is 1.75. The second-order valence-electron chi connectivity index (χ2n) is 2.63. The quantitative estimate of drug-likeness (QED) is 0.785. The van der Waals surface area contributed by atoms with Gasteiger partial charge in [0.25, 0.3) is 0 Å². The highest BCUT2D eigenvalue weighted by Crippen LogP contribution is 2.29. The largest absolute Gasteiger partial charge is 0.493 e. The average Bonchev–Trinajstić information content (AvgIpc) is 2.16. The van der Waals surface area contributed by atoms with Crippen molar-refractivity contribution in [2.45, 2.75) is 6.92 Å². The van der Waals surface area contributed by atoms with Crippen LogP contribution >= 0.6 is 0 Å². The van der Waals surface area contributed by atoms with Crippen LogP contribution in [0.25, 0.3) is 0 Å². The van der Waals surface area contributed by atoms with E-state index in [1.807, 2.05) is 0 Å². The number of ether oxygens (including phenoxy) is 2. The molecule has 0 spiro atoms. The van der Waals surface area contributed by atoms with Crippen molar-refractivity contribution in [2.24, 2.45) is 0 Å². The Morgan fingerprint density at radius 3 is 2.50 bits per heavy atom. The summed E-state index contributed by atoms with van der Waals surface area (Å²) >= 11 is 0. The zero-order chi connectivity index (χ0) is 10.7. The summed E-state index contributed by atoms with van der Waals surface area (Å²) in [6.45, 7) is 1.66. The van der Waals surface area contributed by atoms with Gasteiger partial charge in [0.15, 0.2) is 17.2 Å². The fourth-order valence-electron chi connectivity index (χ4n) is 1.14. The van der Waals surface area contributed by atoms with Gasteiger partial charge in [-0.3, -0.25) is 0 Å². The van der Waals surface area contributed by atoms with E-state index in [4.69, 9.17) is 14.6 Å². The maximum atomic E-state index is 10.7. The van der Waals surface area contributed by atoms with Crippen LogP contribution in [0.4, 0.5) is 0 Å². The van der Waals surface area contributed by atoms with Gasteiger partial charge in [-0.05, 0) is 6.92 Å². The molecule has 0 aromatic carbocycles. The van der Waals surface area contributed by atoms with Crippen LogP contribution in [-0.4, -0.2) is 30.3 Å². The number of aromatic nitrogens is 1. The summed E-state index contributed by atoms with van der Waals surface area (Å²) in [6.07, 6.45) is 0. The molecule has 5 nitrogen and oxygen atoms in total. The topological polar surface area (TPSA) is 68.7 Å². The number of aromatic carboxylic acids is 1. The Hall–Kier alpha value is -1.78. The van der Waals surface area contributed by atoms with Crippen molar-refractivity contribution in [2.75, 3.05) is 14.2 Å². The molecule has 0 saturated heterocycles. The van der Waals surface area contributed by atoms with Crippen molar-refractivity contribution >= 4 is 5.97 Å². The molecule has 0 unspecified atom stereocenters. The fourth-order valence-corrected chi connectivity index (χ4v) is 1.14. The van der Waals surface area contributed by atoms with E-state index in [9.17, 15) is 4.79 Å². The van der Waals surface area contributed by atoms with Gasteiger partial charge in [0, 0.05) is 6.07 Å². The van der Waals surface area contributed by atoms with Gasteiger partial charge in [0.2, 0.25) is 0 Å². The monoisotopic (exact) mass is 197 g/mol. The predicted molar refractivity (Wildman–Crippen MR) is 49.0 cm³/mol.